The van der Waals surface area contributed by atoms with E-state index in [9.17, 15) is 0 Å². The normalized spacial score (nSPS) is 35.0. The van der Waals surface area contributed by atoms with Gasteiger partial charge in [-0.05, 0) is 0 Å². The summed E-state index contributed by atoms with van der Waals surface area (Å²) < 4.78 is 0.484. The molecule has 0 aromatic rings. The first-order valence-electron chi connectivity index (χ1n) is 9.47. The van der Waals surface area contributed by atoms with Gasteiger partial charge in [0.1, 0.15) is 0 Å². The topological polar surface area (TPSA) is 0 Å². The summed E-state index contributed by atoms with van der Waals surface area (Å²) in [6.45, 7) is 7.20. The molecule has 2 bridgehead atoms. The van der Waals surface area contributed by atoms with Crippen LogP contribution in [0.4, 0.5) is 0 Å². The molecule has 4 aliphatic rings. The molecule has 0 nitrogen and oxygen atoms in total. The van der Waals surface area contributed by atoms with Crippen molar-refractivity contribution in [2.45, 2.75) is 56.5 Å². The first kappa shape index (κ1) is 17.8. The molecule has 0 heterocycles. The van der Waals surface area contributed by atoms with Gasteiger partial charge in [0.15, 0.2) is 0 Å². The zero-order valence-corrected chi connectivity index (χ0v) is 20.0. The first-order valence-corrected chi connectivity index (χ1v) is 20.4. The fourth-order valence-corrected chi connectivity index (χ4v) is 14.7. The van der Waals surface area contributed by atoms with Crippen LogP contribution in [0.3, 0.4) is 0 Å². The van der Waals surface area contributed by atoms with Crippen molar-refractivity contribution in [2.24, 2.45) is 23.7 Å². The minimum absolute atomic E-state index is 0.484. The molecular formula is C21H27Cl2Hf. The van der Waals surface area contributed by atoms with Crippen molar-refractivity contribution in [3.63, 3.8) is 0 Å². The van der Waals surface area contributed by atoms with Gasteiger partial charge in [-0.15, -0.1) is 0 Å². The van der Waals surface area contributed by atoms with Crippen molar-refractivity contribution in [2.75, 3.05) is 0 Å². The predicted octanol–water partition coefficient (Wildman–Crippen LogP) is 7.31. The van der Waals surface area contributed by atoms with Crippen LogP contribution in [-0.2, 0) is 19.1 Å². The molecule has 1 fully saturated rings. The first-order chi connectivity index (χ1) is 11.5. The molecule has 0 aromatic heterocycles. The molecule has 4 rings (SSSR count). The van der Waals surface area contributed by atoms with E-state index >= 15 is 0 Å². The van der Waals surface area contributed by atoms with Crippen LogP contribution < -0.4 is 0 Å². The van der Waals surface area contributed by atoms with Gasteiger partial charge in [0.2, 0.25) is 0 Å². The van der Waals surface area contributed by atoms with Gasteiger partial charge in [0.05, 0.1) is 0 Å². The summed E-state index contributed by atoms with van der Waals surface area (Å²) in [6, 6.07) is 0. The summed E-state index contributed by atoms with van der Waals surface area (Å²) in [6.07, 6.45) is 13.3. The molecule has 1 saturated carbocycles. The van der Waals surface area contributed by atoms with Crippen LogP contribution in [0.1, 0.15) is 52.9 Å². The average molecular weight is 529 g/mol. The van der Waals surface area contributed by atoms with Crippen LogP contribution in [0.25, 0.3) is 0 Å². The second-order valence-electron chi connectivity index (χ2n) is 8.31. The zero-order chi connectivity index (χ0) is 17.0. The van der Waals surface area contributed by atoms with E-state index in [1.807, 2.05) is 0 Å². The maximum absolute atomic E-state index is 6.67. The van der Waals surface area contributed by atoms with Gasteiger partial charge < -0.3 is 0 Å². The van der Waals surface area contributed by atoms with Crippen LogP contribution in [0.15, 0.2) is 46.1 Å². The van der Waals surface area contributed by atoms with Gasteiger partial charge in [-0.25, -0.2) is 0 Å². The molecule has 0 saturated heterocycles. The van der Waals surface area contributed by atoms with E-state index in [0.717, 1.165) is 17.8 Å². The van der Waals surface area contributed by atoms with Gasteiger partial charge in [-0.3, -0.25) is 0 Å². The third kappa shape index (κ3) is 2.72. The Balaban J connectivity index is 1.80. The standard InChI is InChI=1S/C21H27.2ClH.Hf/c1-13(2)20-19-11-10-17-14(3)12-16(21(17)20)8-9-18(19)15-6-4-5-7-15;;;/h4-6,12-13,18-20H,7-11H2,1-3H3;2*1H;/q;;;+2/p-2. The summed E-state index contributed by atoms with van der Waals surface area (Å²) >= 11 is -2.49. The Bertz CT molecular complexity index is 665. The summed E-state index contributed by atoms with van der Waals surface area (Å²) in [4.78, 5) is 0. The fraction of sp³-hybridized carbons (Fsp3) is 0.619. The fourth-order valence-electron chi connectivity index (χ4n) is 6.03. The number of hydrogen-bond acceptors (Lipinski definition) is 0. The third-order valence-corrected chi connectivity index (χ3v) is 14.9. The SMILES string of the molecule is CC1=C2CCC3C(C4=CC=CC4)CCC(=C2C3C(C)C)[CH]1[Hf]([Cl])[Cl]. The number of allylic oxidation sites excluding steroid dienone is 8. The van der Waals surface area contributed by atoms with Gasteiger partial charge >= 0.3 is 163 Å². The van der Waals surface area contributed by atoms with E-state index in [-0.39, 0.29) is 0 Å². The van der Waals surface area contributed by atoms with Gasteiger partial charge in [-0.1, -0.05) is 0 Å². The van der Waals surface area contributed by atoms with Crippen LogP contribution >= 0.6 is 17.2 Å². The molecular weight excluding hydrogens is 502 g/mol. The number of halogens is 2. The molecule has 0 amide bonds. The van der Waals surface area contributed by atoms with E-state index in [1.165, 1.54) is 32.1 Å². The molecule has 24 heavy (non-hydrogen) atoms. The molecule has 0 aromatic carbocycles. The third-order valence-electron chi connectivity index (χ3n) is 6.90. The minimum atomic E-state index is -2.49. The second kappa shape index (κ2) is 6.86. The summed E-state index contributed by atoms with van der Waals surface area (Å²) in [5, 5.41) is 0. The monoisotopic (exact) mass is 529 g/mol. The van der Waals surface area contributed by atoms with Crippen LogP contribution in [0.5, 0.6) is 0 Å². The summed E-state index contributed by atoms with van der Waals surface area (Å²) in [5.41, 5.74) is 8.35. The molecule has 3 heteroatoms. The van der Waals surface area contributed by atoms with Crippen molar-refractivity contribution in [1.82, 2.24) is 0 Å². The molecule has 0 N–H and O–H groups in total. The number of rotatable bonds is 3. The van der Waals surface area contributed by atoms with Crippen molar-refractivity contribution in [3.05, 3.63) is 46.1 Å². The quantitative estimate of drug-likeness (QED) is 0.337. The molecule has 0 spiro atoms. The van der Waals surface area contributed by atoms with Crippen molar-refractivity contribution in [1.29, 1.82) is 0 Å². The summed E-state index contributed by atoms with van der Waals surface area (Å²) in [7, 11) is 13.3. The molecule has 0 radical (unpaired) electrons. The summed E-state index contributed by atoms with van der Waals surface area (Å²) in [5.74, 6) is 3.01. The van der Waals surface area contributed by atoms with Crippen LogP contribution in [0, 0.1) is 23.7 Å². The molecule has 4 unspecified atom stereocenters. The number of fused-ring (bicyclic) bond motifs is 1. The van der Waals surface area contributed by atoms with E-state index < -0.39 is 19.1 Å². The van der Waals surface area contributed by atoms with Crippen molar-refractivity contribution >= 4 is 17.2 Å². The molecule has 0 aliphatic heterocycles. The molecule has 4 atom stereocenters. The second-order valence-corrected chi connectivity index (χ2v) is 20.7. The Kier molecular flexibility index (Phi) is 5.09. The predicted molar refractivity (Wildman–Crippen MR) is 101 cm³/mol. The van der Waals surface area contributed by atoms with Crippen LogP contribution in [-0.4, -0.2) is 0 Å². The van der Waals surface area contributed by atoms with E-state index in [1.54, 1.807) is 27.9 Å². The van der Waals surface area contributed by atoms with Crippen molar-refractivity contribution in [3.8, 4) is 0 Å². The van der Waals surface area contributed by atoms with E-state index in [2.05, 4.69) is 39.0 Å². The Morgan fingerprint density at radius 1 is 1.17 bits per heavy atom. The Labute approximate surface area is 161 Å². The molecule has 129 valence electrons. The zero-order valence-electron chi connectivity index (χ0n) is 14.9. The van der Waals surface area contributed by atoms with Crippen molar-refractivity contribution < 1.29 is 19.1 Å². The number of hydrogen-bond donors (Lipinski definition) is 0. The maximum atomic E-state index is 6.67. The molecule has 4 aliphatic carbocycles. The Morgan fingerprint density at radius 3 is 2.58 bits per heavy atom. The average Bonchev–Trinajstić information content (AvgIpc) is 3.12. The van der Waals surface area contributed by atoms with E-state index in [0.29, 0.717) is 9.59 Å². The Morgan fingerprint density at radius 2 is 1.96 bits per heavy atom. The van der Waals surface area contributed by atoms with Gasteiger partial charge in [0.25, 0.3) is 0 Å². The van der Waals surface area contributed by atoms with Crippen LogP contribution in [0.2, 0.25) is 3.67 Å². The Hall–Kier alpha value is 0.410. The van der Waals surface area contributed by atoms with Gasteiger partial charge in [0, 0.05) is 0 Å². The van der Waals surface area contributed by atoms with E-state index in [4.69, 9.17) is 17.2 Å². The van der Waals surface area contributed by atoms with Gasteiger partial charge in [-0.2, -0.15) is 0 Å².